The summed E-state index contributed by atoms with van der Waals surface area (Å²) in [5, 5.41) is 3.04. The average Bonchev–Trinajstić information content (AvgIpc) is 3.55. The van der Waals surface area contributed by atoms with E-state index in [1.807, 2.05) is 43.3 Å². The number of benzene rings is 2. The number of aryl methyl sites for hydroxylation is 1. The van der Waals surface area contributed by atoms with E-state index in [9.17, 15) is 9.59 Å². The SMILES string of the molecule is COc1ccc(N2Cc3cc(-c4cc(C(=O)NC5CC5)ccc4C)ccc3C2=O)cn1. The molecule has 156 valence electrons. The molecular formula is C25H23N3O3. The summed E-state index contributed by atoms with van der Waals surface area (Å²) < 4.78 is 5.10. The Morgan fingerprint density at radius 3 is 2.65 bits per heavy atom. The van der Waals surface area contributed by atoms with Crippen LogP contribution in [-0.2, 0) is 6.54 Å². The zero-order chi connectivity index (χ0) is 21.5. The van der Waals surface area contributed by atoms with Gasteiger partial charge in [0.2, 0.25) is 5.88 Å². The van der Waals surface area contributed by atoms with Gasteiger partial charge in [-0.2, -0.15) is 0 Å². The fraction of sp³-hybridized carbons (Fsp3) is 0.240. The number of nitrogens with one attached hydrogen (secondary N) is 1. The van der Waals surface area contributed by atoms with Crippen LogP contribution in [0, 0.1) is 6.92 Å². The number of fused-ring (bicyclic) bond motifs is 1. The van der Waals surface area contributed by atoms with Crippen molar-refractivity contribution in [2.45, 2.75) is 32.4 Å². The Morgan fingerprint density at radius 2 is 1.94 bits per heavy atom. The lowest BCUT2D eigenvalue weighted by atomic mass is 9.95. The third-order valence-electron chi connectivity index (χ3n) is 5.87. The average molecular weight is 413 g/mol. The molecule has 0 spiro atoms. The summed E-state index contributed by atoms with van der Waals surface area (Å²) in [7, 11) is 1.56. The molecule has 1 aliphatic heterocycles. The molecule has 0 saturated heterocycles. The van der Waals surface area contributed by atoms with Gasteiger partial charge in [-0.05, 0) is 72.4 Å². The Morgan fingerprint density at radius 1 is 1.10 bits per heavy atom. The fourth-order valence-corrected chi connectivity index (χ4v) is 3.92. The first-order valence-electron chi connectivity index (χ1n) is 10.4. The second kappa shape index (κ2) is 7.54. The van der Waals surface area contributed by atoms with E-state index in [2.05, 4.69) is 16.4 Å². The van der Waals surface area contributed by atoms with Crippen LogP contribution in [0.15, 0.2) is 54.7 Å². The molecule has 0 bridgehead atoms. The molecule has 6 nitrogen and oxygen atoms in total. The number of ether oxygens (including phenoxy) is 1. The molecule has 0 atom stereocenters. The van der Waals surface area contributed by atoms with Crippen LogP contribution in [0.3, 0.4) is 0 Å². The number of methoxy groups -OCH3 is 1. The van der Waals surface area contributed by atoms with Crippen LogP contribution in [0.25, 0.3) is 11.1 Å². The van der Waals surface area contributed by atoms with E-state index < -0.39 is 0 Å². The Kier molecular flexibility index (Phi) is 4.70. The van der Waals surface area contributed by atoms with Gasteiger partial charge < -0.3 is 15.0 Å². The van der Waals surface area contributed by atoms with Crippen molar-refractivity contribution in [3.8, 4) is 17.0 Å². The van der Waals surface area contributed by atoms with Gasteiger partial charge in [0.15, 0.2) is 0 Å². The number of amides is 2. The van der Waals surface area contributed by atoms with Gasteiger partial charge in [0, 0.05) is 23.2 Å². The topological polar surface area (TPSA) is 71.5 Å². The molecule has 2 aromatic carbocycles. The highest BCUT2D eigenvalue weighted by Gasteiger charge is 2.29. The first-order valence-corrected chi connectivity index (χ1v) is 10.4. The Hall–Kier alpha value is -3.67. The van der Waals surface area contributed by atoms with Crippen LogP contribution in [-0.4, -0.2) is 29.9 Å². The normalized spacial score (nSPS) is 15.0. The third kappa shape index (κ3) is 3.65. The molecule has 1 saturated carbocycles. The number of anilines is 1. The lowest BCUT2D eigenvalue weighted by molar-refractivity contribution is 0.0949. The zero-order valence-electron chi connectivity index (χ0n) is 17.5. The summed E-state index contributed by atoms with van der Waals surface area (Å²) in [6.45, 7) is 2.52. The van der Waals surface area contributed by atoms with Crippen molar-refractivity contribution in [3.05, 3.63) is 77.0 Å². The van der Waals surface area contributed by atoms with E-state index in [-0.39, 0.29) is 11.8 Å². The van der Waals surface area contributed by atoms with Crippen LogP contribution in [0.4, 0.5) is 5.69 Å². The zero-order valence-corrected chi connectivity index (χ0v) is 17.5. The molecule has 0 radical (unpaired) electrons. The van der Waals surface area contributed by atoms with Gasteiger partial charge >= 0.3 is 0 Å². The van der Waals surface area contributed by atoms with E-state index in [1.54, 1.807) is 24.3 Å². The summed E-state index contributed by atoms with van der Waals surface area (Å²) in [4.78, 5) is 31.3. The number of hydrogen-bond acceptors (Lipinski definition) is 4. The van der Waals surface area contributed by atoms with E-state index in [0.29, 0.717) is 29.6 Å². The van der Waals surface area contributed by atoms with Crippen molar-refractivity contribution in [1.29, 1.82) is 0 Å². The second-order valence-electron chi connectivity index (χ2n) is 8.10. The highest BCUT2D eigenvalue weighted by Crippen LogP contribution is 2.33. The van der Waals surface area contributed by atoms with Crippen LogP contribution in [0.1, 0.15) is 44.7 Å². The minimum absolute atomic E-state index is 0.0294. The Balaban J connectivity index is 1.44. The smallest absolute Gasteiger partial charge is 0.258 e. The quantitative estimate of drug-likeness (QED) is 0.683. The maximum Gasteiger partial charge on any atom is 0.258 e. The molecule has 3 aromatic rings. The molecule has 5 rings (SSSR count). The van der Waals surface area contributed by atoms with Crippen LogP contribution in [0.5, 0.6) is 5.88 Å². The largest absolute Gasteiger partial charge is 0.481 e. The summed E-state index contributed by atoms with van der Waals surface area (Å²) in [5.41, 5.74) is 6.14. The second-order valence-corrected chi connectivity index (χ2v) is 8.10. The highest BCUT2D eigenvalue weighted by atomic mass is 16.5. The fourth-order valence-electron chi connectivity index (χ4n) is 3.92. The molecule has 1 fully saturated rings. The van der Waals surface area contributed by atoms with Gasteiger partial charge in [0.05, 0.1) is 25.5 Å². The molecule has 31 heavy (non-hydrogen) atoms. The van der Waals surface area contributed by atoms with Gasteiger partial charge in [0.25, 0.3) is 11.8 Å². The van der Waals surface area contributed by atoms with Crippen LogP contribution < -0.4 is 15.0 Å². The van der Waals surface area contributed by atoms with Crippen LogP contribution >= 0.6 is 0 Å². The maximum atomic E-state index is 12.9. The lowest BCUT2D eigenvalue weighted by Gasteiger charge is -2.15. The van der Waals surface area contributed by atoms with E-state index >= 15 is 0 Å². The Labute approximate surface area is 180 Å². The van der Waals surface area contributed by atoms with E-state index in [4.69, 9.17) is 4.74 Å². The number of rotatable bonds is 5. The lowest BCUT2D eigenvalue weighted by Crippen LogP contribution is -2.25. The molecule has 2 aliphatic rings. The number of carbonyl (C=O) groups is 2. The molecule has 1 aliphatic carbocycles. The highest BCUT2D eigenvalue weighted by molar-refractivity contribution is 6.10. The number of carbonyl (C=O) groups excluding carboxylic acids is 2. The van der Waals surface area contributed by atoms with Crippen molar-refractivity contribution in [2.75, 3.05) is 12.0 Å². The number of aromatic nitrogens is 1. The third-order valence-corrected chi connectivity index (χ3v) is 5.87. The number of nitrogens with zero attached hydrogens (tertiary/aromatic N) is 2. The Bertz CT molecular complexity index is 1180. The van der Waals surface area contributed by atoms with Gasteiger partial charge in [0.1, 0.15) is 0 Å². The van der Waals surface area contributed by atoms with E-state index in [0.717, 1.165) is 40.8 Å². The standard InChI is InChI=1S/C25H23N3O3/c1-15-3-4-17(24(29)27-19-6-7-19)12-22(15)16-5-9-21-18(11-16)14-28(25(21)30)20-8-10-23(31-2)26-13-20/h3-5,8-13,19H,6-7,14H2,1-2H3,(H,27,29). The molecule has 2 heterocycles. The predicted octanol–water partition coefficient (Wildman–Crippen LogP) is 4.12. The van der Waals surface area contributed by atoms with Gasteiger partial charge in [-0.25, -0.2) is 4.98 Å². The first kappa shape index (κ1) is 19.3. The van der Waals surface area contributed by atoms with Crippen molar-refractivity contribution >= 4 is 17.5 Å². The molecular weight excluding hydrogens is 390 g/mol. The molecule has 0 unspecified atom stereocenters. The van der Waals surface area contributed by atoms with Crippen molar-refractivity contribution in [1.82, 2.24) is 10.3 Å². The summed E-state index contributed by atoms with van der Waals surface area (Å²) in [6, 6.07) is 15.6. The number of hydrogen-bond donors (Lipinski definition) is 1. The van der Waals surface area contributed by atoms with Crippen molar-refractivity contribution < 1.29 is 14.3 Å². The summed E-state index contributed by atoms with van der Waals surface area (Å²) in [6.07, 6.45) is 3.77. The molecule has 1 aromatic heterocycles. The molecule has 6 heteroatoms. The van der Waals surface area contributed by atoms with Gasteiger partial charge in [-0.3, -0.25) is 9.59 Å². The minimum Gasteiger partial charge on any atom is -0.481 e. The summed E-state index contributed by atoms with van der Waals surface area (Å²) >= 11 is 0. The molecule has 1 N–H and O–H groups in total. The minimum atomic E-state index is -0.0391. The summed E-state index contributed by atoms with van der Waals surface area (Å²) in [5.74, 6) is 0.442. The number of pyridine rings is 1. The monoisotopic (exact) mass is 413 g/mol. The van der Waals surface area contributed by atoms with Crippen LogP contribution in [0.2, 0.25) is 0 Å². The maximum absolute atomic E-state index is 12.9. The first-order chi connectivity index (χ1) is 15.0. The molecule has 2 amide bonds. The van der Waals surface area contributed by atoms with E-state index in [1.165, 1.54) is 0 Å². The van der Waals surface area contributed by atoms with Gasteiger partial charge in [-0.15, -0.1) is 0 Å². The predicted molar refractivity (Wildman–Crippen MR) is 118 cm³/mol. The van der Waals surface area contributed by atoms with Gasteiger partial charge in [-0.1, -0.05) is 12.1 Å². The van der Waals surface area contributed by atoms with Crippen molar-refractivity contribution in [2.24, 2.45) is 0 Å². The van der Waals surface area contributed by atoms with Crippen molar-refractivity contribution in [3.63, 3.8) is 0 Å².